The molecule has 2 heterocycles. The van der Waals surface area contributed by atoms with E-state index in [0.717, 1.165) is 28.4 Å². The van der Waals surface area contributed by atoms with E-state index in [1.165, 1.54) is 0 Å². The van der Waals surface area contributed by atoms with Crippen molar-refractivity contribution in [1.82, 2.24) is 14.8 Å². The van der Waals surface area contributed by atoms with Crippen LogP contribution >= 0.6 is 0 Å². The smallest absolute Gasteiger partial charge is 0.0852 e. The quantitative estimate of drug-likeness (QED) is 0.790. The third-order valence-electron chi connectivity index (χ3n) is 3.50. The molecule has 3 aromatic rings. The molecule has 0 saturated heterocycles. The molecule has 1 unspecified atom stereocenters. The second kappa shape index (κ2) is 5.43. The zero-order valence-corrected chi connectivity index (χ0v) is 11.4. The summed E-state index contributed by atoms with van der Waals surface area (Å²) in [5, 5.41) is 16.8. The summed E-state index contributed by atoms with van der Waals surface area (Å²) in [6.45, 7) is 2.88. The van der Waals surface area contributed by atoms with Crippen molar-refractivity contribution in [3.8, 4) is 0 Å². The SMILES string of the molecule is CCn1cc(CC(O)c2cncc3ccccc23)cn1. The van der Waals surface area contributed by atoms with E-state index in [9.17, 15) is 5.11 Å². The Hall–Kier alpha value is -2.20. The number of benzene rings is 1. The number of fused-ring (bicyclic) bond motifs is 1. The monoisotopic (exact) mass is 267 g/mol. The van der Waals surface area contributed by atoms with Crippen LogP contribution in [0.2, 0.25) is 0 Å². The Kier molecular flexibility index (Phi) is 3.48. The first-order valence-corrected chi connectivity index (χ1v) is 6.80. The van der Waals surface area contributed by atoms with Crippen LogP contribution in [0.1, 0.15) is 24.2 Å². The molecule has 1 atom stereocenters. The van der Waals surface area contributed by atoms with Crippen molar-refractivity contribution >= 4 is 10.8 Å². The highest BCUT2D eigenvalue weighted by Crippen LogP contribution is 2.25. The van der Waals surface area contributed by atoms with E-state index in [2.05, 4.69) is 10.1 Å². The molecule has 0 amide bonds. The summed E-state index contributed by atoms with van der Waals surface area (Å²) in [5.74, 6) is 0. The molecule has 0 aliphatic carbocycles. The van der Waals surface area contributed by atoms with Gasteiger partial charge in [0.05, 0.1) is 12.3 Å². The molecule has 0 radical (unpaired) electrons. The molecule has 1 aromatic carbocycles. The molecule has 20 heavy (non-hydrogen) atoms. The van der Waals surface area contributed by atoms with E-state index in [0.29, 0.717) is 6.42 Å². The minimum atomic E-state index is -0.567. The fourth-order valence-electron chi connectivity index (χ4n) is 2.42. The number of nitrogens with zero attached hydrogens (tertiary/aromatic N) is 3. The molecule has 0 fully saturated rings. The van der Waals surface area contributed by atoms with Gasteiger partial charge in [0.15, 0.2) is 0 Å². The van der Waals surface area contributed by atoms with E-state index in [1.54, 1.807) is 6.20 Å². The highest BCUT2D eigenvalue weighted by molar-refractivity contribution is 5.84. The lowest BCUT2D eigenvalue weighted by Crippen LogP contribution is -2.03. The maximum atomic E-state index is 10.5. The molecule has 0 saturated carbocycles. The third kappa shape index (κ3) is 2.42. The Labute approximate surface area is 117 Å². The van der Waals surface area contributed by atoms with Crippen molar-refractivity contribution in [2.75, 3.05) is 0 Å². The number of aliphatic hydroxyl groups is 1. The van der Waals surface area contributed by atoms with Crippen molar-refractivity contribution in [3.63, 3.8) is 0 Å². The van der Waals surface area contributed by atoms with E-state index in [-0.39, 0.29) is 0 Å². The fourth-order valence-corrected chi connectivity index (χ4v) is 2.42. The summed E-state index contributed by atoms with van der Waals surface area (Å²) in [6.07, 6.45) is 7.34. The summed E-state index contributed by atoms with van der Waals surface area (Å²) < 4.78 is 1.86. The Morgan fingerprint density at radius 3 is 2.85 bits per heavy atom. The maximum absolute atomic E-state index is 10.5. The predicted octanol–water partition coefficient (Wildman–Crippen LogP) is 2.73. The molecule has 102 valence electrons. The Bertz CT molecular complexity index is 715. The number of pyridine rings is 1. The highest BCUT2D eigenvalue weighted by atomic mass is 16.3. The van der Waals surface area contributed by atoms with E-state index in [1.807, 2.05) is 54.5 Å². The molecule has 3 rings (SSSR count). The first kappa shape index (κ1) is 12.8. The van der Waals surface area contributed by atoms with Crippen LogP contribution < -0.4 is 0 Å². The largest absolute Gasteiger partial charge is 0.388 e. The van der Waals surface area contributed by atoms with Gasteiger partial charge in [0.2, 0.25) is 0 Å². The lowest BCUT2D eigenvalue weighted by Gasteiger charge is -2.12. The predicted molar refractivity (Wildman–Crippen MR) is 78.3 cm³/mol. The van der Waals surface area contributed by atoms with Crippen molar-refractivity contribution in [1.29, 1.82) is 0 Å². The van der Waals surface area contributed by atoms with Gasteiger partial charge in [-0.3, -0.25) is 9.67 Å². The lowest BCUT2D eigenvalue weighted by atomic mass is 10.00. The average molecular weight is 267 g/mol. The third-order valence-corrected chi connectivity index (χ3v) is 3.50. The molecule has 0 aliphatic rings. The van der Waals surface area contributed by atoms with Gasteiger partial charge >= 0.3 is 0 Å². The summed E-state index contributed by atoms with van der Waals surface area (Å²) in [5.41, 5.74) is 1.90. The summed E-state index contributed by atoms with van der Waals surface area (Å²) in [7, 11) is 0. The number of rotatable bonds is 4. The van der Waals surface area contributed by atoms with Crippen molar-refractivity contribution in [2.45, 2.75) is 26.0 Å². The Balaban J connectivity index is 1.90. The molecular weight excluding hydrogens is 250 g/mol. The highest BCUT2D eigenvalue weighted by Gasteiger charge is 2.13. The maximum Gasteiger partial charge on any atom is 0.0852 e. The van der Waals surface area contributed by atoms with Crippen molar-refractivity contribution < 1.29 is 5.11 Å². The normalized spacial score (nSPS) is 12.7. The average Bonchev–Trinajstić information content (AvgIpc) is 2.94. The zero-order valence-electron chi connectivity index (χ0n) is 11.4. The number of aliphatic hydroxyl groups excluding tert-OH is 1. The minimum absolute atomic E-state index is 0.551. The molecular formula is C16H17N3O. The van der Waals surface area contributed by atoms with E-state index in [4.69, 9.17) is 0 Å². The van der Waals surface area contributed by atoms with Crippen molar-refractivity contribution in [2.24, 2.45) is 0 Å². The van der Waals surface area contributed by atoms with Gasteiger partial charge in [-0.1, -0.05) is 24.3 Å². The first-order valence-electron chi connectivity index (χ1n) is 6.80. The van der Waals surface area contributed by atoms with Crippen LogP contribution in [0.3, 0.4) is 0 Å². The van der Waals surface area contributed by atoms with Crippen LogP contribution in [0.25, 0.3) is 10.8 Å². The molecule has 4 heteroatoms. The summed E-state index contributed by atoms with van der Waals surface area (Å²) >= 11 is 0. The number of aromatic nitrogens is 3. The van der Waals surface area contributed by atoms with Crippen LogP contribution in [0.5, 0.6) is 0 Å². The van der Waals surface area contributed by atoms with Crippen LogP contribution in [-0.4, -0.2) is 19.9 Å². The van der Waals surface area contributed by atoms with E-state index >= 15 is 0 Å². The van der Waals surface area contributed by atoms with Gasteiger partial charge in [-0.15, -0.1) is 0 Å². The van der Waals surface area contributed by atoms with Gasteiger partial charge in [0, 0.05) is 42.5 Å². The second-order valence-electron chi connectivity index (χ2n) is 4.87. The molecule has 2 aromatic heterocycles. The van der Waals surface area contributed by atoms with Gasteiger partial charge in [-0.2, -0.15) is 5.10 Å². The summed E-state index contributed by atoms with van der Waals surface area (Å²) in [6, 6.07) is 7.98. The molecule has 1 N–H and O–H groups in total. The topological polar surface area (TPSA) is 50.9 Å². The van der Waals surface area contributed by atoms with E-state index < -0.39 is 6.10 Å². The zero-order chi connectivity index (χ0) is 13.9. The molecule has 4 nitrogen and oxygen atoms in total. The second-order valence-corrected chi connectivity index (χ2v) is 4.87. The number of hydrogen-bond donors (Lipinski definition) is 1. The Morgan fingerprint density at radius 1 is 1.20 bits per heavy atom. The van der Waals surface area contributed by atoms with Gasteiger partial charge in [-0.05, 0) is 17.9 Å². The van der Waals surface area contributed by atoms with Gasteiger partial charge < -0.3 is 5.11 Å². The summed E-state index contributed by atoms with van der Waals surface area (Å²) in [4.78, 5) is 4.22. The molecule has 0 bridgehead atoms. The molecule has 0 spiro atoms. The van der Waals surface area contributed by atoms with Crippen LogP contribution in [-0.2, 0) is 13.0 Å². The Morgan fingerprint density at radius 2 is 2.05 bits per heavy atom. The number of aryl methyl sites for hydroxylation is 1. The number of hydrogen-bond acceptors (Lipinski definition) is 3. The van der Waals surface area contributed by atoms with Crippen LogP contribution in [0.4, 0.5) is 0 Å². The van der Waals surface area contributed by atoms with Gasteiger partial charge in [0.25, 0.3) is 0 Å². The van der Waals surface area contributed by atoms with Gasteiger partial charge in [0.1, 0.15) is 0 Å². The first-order chi connectivity index (χ1) is 9.78. The standard InChI is InChI=1S/C16H17N3O/c1-2-19-11-12(8-18-19)7-16(20)15-10-17-9-13-5-3-4-6-14(13)15/h3-6,8-11,16,20H,2,7H2,1H3. The van der Waals surface area contributed by atoms with Gasteiger partial charge in [-0.25, -0.2) is 0 Å². The minimum Gasteiger partial charge on any atom is -0.388 e. The lowest BCUT2D eigenvalue weighted by molar-refractivity contribution is 0.179. The fraction of sp³-hybridized carbons (Fsp3) is 0.250. The van der Waals surface area contributed by atoms with Crippen LogP contribution in [0.15, 0.2) is 49.1 Å². The van der Waals surface area contributed by atoms with Crippen molar-refractivity contribution in [3.05, 3.63) is 60.2 Å². The molecule has 0 aliphatic heterocycles. The van der Waals surface area contributed by atoms with Crippen LogP contribution in [0, 0.1) is 0 Å².